The zero-order valence-corrected chi connectivity index (χ0v) is 14.8. The molecular weight excluding hydrogens is 330 g/mol. The summed E-state index contributed by atoms with van der Waals surface area (Å²) in [6, 6.07) is 7.17. The Balaban J connectivity index is 1.33. The molecule has 1 heterocycles. The molecule has 0 aromatic heterocycles. The monoisotopic (exact) mass is 353 g/mol. The van der Waals surface area contributed by atoms with Gasteiger partial charge in [0.2, 0.25) is 11.8 Å². The van der Waals surface area contributed by atoms with Crippen molar-refractivity contribution in [3.8, 4) is 0 Å². The van der Waals surface area contributed by atoms with Gasteiger partial charge in [0.25, 0.3) is 0 Å². The van der Waals surface area contributed by atoms with Crippen molar-refractivity contribution in [1.82, 2.24) is 10.2 Å². The van der Waals surface area contributed by atoms with Crippen molar-refractivity contribution in [3.63, 3.8) is 0 Å². The van der Waals surface area contributed by atoms with E-state index in [4.69, 9.17) is 0 Å². The number of likely N-dealkylation sites (tertiary alicyclic amines) is 1. The first-order valence-electron chi connectivity index (χ1n) is 9.20. The van der Waals surface area contributed by atoms with Gasteiger partial charge in [-0.05, 0) is 43.2 Å². The van der Waals surface area contributed by atoms with Crippen LogP contribution in [0.2, 0.25) is 0 Å². The molecule has 2 N–H and O–H groups in total. The Kier molecular flexibility index (Phi) is 4.26. The number of benzene rings is 1. The van der Waals surface area contributed by atoms with Crippen LogP contribution in [0.1, 0.15) is 18.4 Å². The van der Waals surface area contributed by atoms with Crippen LogP contribution in [-0.4, -0.2) is 35.8 Å². The van der Waals surface area contributed by atoms with Crippen LogP contribution in [-0.2, 0) is 9.59 Å². The molecular formula is C20H23N3O3. The number of carbonyl (C=O) groups is 3. The summed E-state index contributed by atoms with van der Waals surface area (Å²) in [4.78, 5) is 38.8. The standard InChI is InChI=1S/C20H23N3O3/c1-12-4-2-3-5-15(12)22-20(26)21-10-11-23-18(24)16-13-6-7-14(9-8-13)17(16)19(23)25/h2-7,13-14,16-17H,8-11H2,1H3,(H2,21,22,26). The molecule has 4 unspecified atom stereocenters. The highest BCUT2D eigenvalue weighted by molar-refractivity contribution is 6.06. The van der Waals surface area contributed by atoms with Crippen LogP contribution in [0.3, 0.4) is 0 Å². The van der Waals surface area contributed by atoms with Crippen LogP contribution in [0.15, 0.2) is 36.4 Å². The van der Waals surface area contributed by atoms with Crippen molar-refractivity contribution in [2.45, 2.75) is 19.8 Å². The Bertz CT molecular complexity index is 756. The van der Waals surface area contributed by atoms with Gasteiger partial charge in [-0.1, -0.05) is 30.4 Å². The number of aryl methyl sites for hydroxylation is 1. The zero-order chi connectivity index (χ0) is 18.3. The van der Waals surface area contributed by atoms with Crippen molar-refractivity contribution >= 4 is 23.5 Å². The number of amides is 4. The molecule has 1 aromatic rings. The van der Waals surface area contributed by atoms with E-state index in [1.165, 1.54) is 4.90 Å². The lowest BCUT2D eigenvalue weighted by Gasteiger charge is -2.38. The molecule has 0 radical (unpaired) electrons. The van der Waals surface area contributed by atoms with Gasteiger partial charge in [-0.15, -0.1) is 0 Å². The minimum absolute atomic E-state index is 0.0693. The van der Waals surface area contributed by atoms with Gasteiger partial charge in [0.05, 0.1) is 11.8 Å². The van der Waals surface area contributed by atoms with E-state index in [1.807, 2.05) is 31.2 Å². The fourth-order valence-electron chi connectivity index (χ4n) is 4.52. The summed E-state index contributed by atoms with van der Waals surface area (Å²) in [6.07, 6.45) is 6.20. The molecule has 1 saturated carbocycles. The molecule has 0 spiro atoms. The van der Waals surface area contributed by atoms with Crippen LogP contribution in [0, 0.1) is 30.6 Å². The predicted molar refractivity (Wildman–Crippen MR) is 97.3 cm³/mol. The van der Waals surface area contributed by atoms with E-state index in [2.05, 4.69) is 22.8 Å². The van der Waals surface area contributed by atoms with Gasteiger partial charge < -0.3 is 10.6 Å². The normalized spacial score (nSPS) is 29.0. The number of nitrogens with zero attached hydrogens (tertiary/aromatic N) is 1. The fraction of sp³-hybridized carbons (Fsp3) is 0.450. The number of allylic oxidation sites excluding steroid dienone is 2. The number of nitrogens with one attached hydrogen (secondary N) is 2. The van der Waals surface area contributed by atoms with Gasteiger partial charge in [0.15, 0.2) is 0 Å². The van der Waals surface area contributed by atoms with Crippen molar-refractivity contribution in [3.05, 3.63) is 42.0 Å². The second-order valence-corrected chi connectivity index (χ2v) is 7.37. The molecule has 3 aliphatic carbocycles. The maximum absolute atomic E-state index is 12.7. The SMILES string of the molecule is Cc1ccccc1NC(=O)NCCN1C(=O)C2C3C=CC(CC3)C2C1=O. The Labute approximate surface area is 152 Å². The second kappa shape index (κ2) is 6.59. The molecule has 2 fully saturated rings. The first-order chi connectivity index (χ1) is 12.6. The van der Waals surface area contributed by atoms with E-state index in [-0.39, 0.29) is 54.6 Å². The molecule has 1 aliphatic heterocycles. The Morgan fingerprint density at radius 2 is 1.69 bits per heavy atom. The quantitative estimate of drug-likeness (QED) is 0.644. The van der Waals surface area contributed by atoms with E-state index in [1.54, 1.807) is 0 Å². The Hall–Kier alpha value is -2.63. The van der Waals surface area contributed by atoms with E-state index >= 15 is 0 Å². The maximum atomic E-state index is 12.7. The highest BCUT2D eigenvalue weighted by atomic mass is 16.2. The van der Waals surface area contributed by atoms with Gasteiger partial charge in [0, 0.05) is 18.8 Å². The lowest BCUT2D eigenvalue weighted by molar-refractivity contribution is -0.140. The number of carbonyl (C=O) groups excluding carboxylic acids is 3. The van der Waals surface area contributed by atoms with Crippen molar-refractivity contribution in [2.75, 3.05) is 18.4 Å². The van der Waals surface area contributed by atoms with Gasteiger partial charge in [-0.2, -0.15) is 0 Å². The number of urea groups is 1. The number of hydrogen-bond acceptors (Lipinski definition) is 3. The third kappa shape index (κ3) is 2.79. The molecule has 4 aliphatic rings. The number of imide groups is 1. The summed E-state index contributed by atoms with van der Waals surface area (Å²) < 4.78 is 0. The third-order valence-corrected chi connectivity index (χ3v) is 5.86. The van der Waals surface area contributed by atoms with Crippen LogP contribution < -0.4 is 10.6 Å². The molecule has 4 atom stereocenters. The lowest BCUT2D eigenvalue weighted by atomic mass is 9.63. The summed E-state index contributed by atoms with van der Waals surface area (Å²) in [5, 5.41) is 5.52. The van der Waals surface area contributed by atoms with E-state index < -0.39 is 0 Å². The van der Waals surface area contributed by atoms with E-state index in [9.17, 15) is 14.4 Å². The van der Waals surface area contributed by atoms with E-state index in [0.29, 0.717) is 0 Å². The highest BCUT2D eigenvalue weighted by Gasteiger charge is 2.56. The number of fused-ring (bicyclic) bond motifs is 1. The fourth-order valence-corrected chi connectivity index (χ4v) is 4.52. The Morgan fingerprint density at radius 3 is 2.27 bits per heavy atom. The predicted octanol–water partition coefficient (Wildman–Crippen LogP) is 2.31. The summed E-state index contributed by atoms with van der Waals surface area (Å²) in [6.45, 7) is 2.39. The van der Waals surface area contributed by atoms with Crippen LogP contribution >= 0.6 is 0 Å². The topological polar surface area (TPSA) is 78.5 Å². The van der Waals surface area contributed by atoms with Crippen molar-refractivity contribution in [2.24, 2.45) is 23.7 Å². The summed E-state index contributed by atoms with van der Waals surface area (Å²) in [5.74, 6) is -0.119. The number of hydrogen-bond donors (Lipinski definition) is 2. The third-order valence-electron chi connectivity index (χ3n) is 5.86. The van der Waals surface area contributed by atoms with Gasteiger partial charge in [0.1, 0.15) is 0 Å². The average molecular weight is 353 g/mol. The maximum Gasteiger partial charge on any atom is 0.319 e. The zero-order valence-electron chi connectivity index (χ0n) is 14.8. The molecule has 26 heavy (non-hydrogen) atoms. The Morgan fingerprint density at radius 1 is 1.08 bits per heavy atom. The molecule has 6 heteroatoms. The summed E-state index contributed by atoms with van der Waals surface area (Å²) in [5.41, 5.74) is 1.71. The molecule has 4 amide bonds. The van der Waals surface area contributed by atoms with Crippen LogP contribution in [0.5, 0.6) is 0 Å². The molecule has 1 aromatic carbocycles. The number of anilines is 1. The van der Waals surface area contributed by atoms with Crippen LogP contribution in [0.25, 0.3) is 0 Å². The highest BCUT2D eigenvalue weighted by Crippen LogP contribution is 2.49. The number of rotatable bonds is 4. The molecule has 136 valence electrons. The van der Waals surface area contributed by atoms with Crippen molar-refractivity contribution < 1.29 is 14.4 Å². The molecule has 2 bridgehead atoms. The minimum atomic E-state index is -0.336. The lowest BCUT2D eigenvalue weighted by Crippen LogP contribution is -2.40. The average Bonchev–Trinajstić information content (AvgIpc) is 2.92. The van der Waals surface area contributed by atoms with Crippen LogP contribution in [0.4, 0.5) is 10.5 Å². The van der Waals surface area contributed by atoms with Gasteiger partial charge in [-0.3, -0.25) is 14.5 Å². The molecule has 5 rings (SSSR count). The molecule has 1 saturated heterocycles. The van der Waals surface area contributed by atoms with Gasteiger partial charge >= 0.3 is 6.03 Å². The first kappa shape index (κ1) is 16.8. The van der Waals surface area contributed by atoms with Crippen molar-refractivity contribution in [1.29, 1.82) is 0 Å². The minimum Gasteiger partial charge on any atom is -0.336 e. The summed E-state index contributed by atoms with van der Waals surface area (Å²) in [7, 11) is 0. The van der Waals surface area contributed by atoms with Gasteiger partial charge in [-0.25, -0.2) is 4.79 Å². The second-order valence-electron chi connectivity index (χ2n) is 7.37. The first-order valence-corrected chi connectivity index (χ1v) is 9.20. The number of para-hydroxylation sites is 1. The molecule has 6 nitrogen and oxygen atoms in total. The summed E-state index contributed by atoms with van der Waals surface area (Å²) >= 11 is 0. The smallest absolute Gasteiger partial charge is 0.319 e. The van der Waals surface area contributed by atoms with E-state index in [0.717, 1.165) is 24.1 Å². The largest absolute Gasteiger partial charge is 0.336 e.